The summed E-state index contributed by atoms with van der Waals surface area (Å²) in [7, 11) is 0. The molecule has 0 fully saturated rings. The first-order valence-corrected chi connectivity index (χ1v) is 4.89. The van der Waals surface area contributed by atoms with Crippen molar-refractivity contribution >= 4 is 6.21 Å². The lowest BCUT2D eigenvalue weighted by atomic mass is 10.2. The predicted octanol–water partition coefficient (Wildman–Crippen LogP) is 2.95. The fraction of sp³-hybridized carbons (Fsp3) is 0.0769. The van der Waals surface area contributed by atoms with E-state index in [1.54, 1.807) is 12.4 Å². The van der Waals surface area contributed by atoms with Crippen LogP contribution in [0.4, 0.5) is 0 Å². The number of rotatable bonds is 3. The van der Waals surface area contributed by atoms with E-state index in [0.717, 1.165) is 5.56 Å². The zero-order valence-electron chi connectivity index (χ0n) is 8.38. The van der Waals surface area contributed by atoms with Gasteiger partial charge in [0.05, 0.1) is 6.54 Å². The van der Waals surface area contributed by atoms with Crippen LogP contribution in [0.2, 0.25) is 0 Å². The molecule has 0 saturated carbocycles. The minimum Gasteiger partial charge on any atom is -0.288 e. The summed E-state index contributed by atoms with van der Waals surface area (Å²) in [6.45, 7) is 0.706. The van der Waals surface area contributed by atoms with Crippen molar-refractivity contribution in [2.75, 3.05) is 0 Å². The van der Waals surface area contributed by atoms with Gasteiger partial charge in [0.1, 0.15) is 0 Å². The third-order valence-corrected chi connectivity index (χ3v) is 2.06. The van der Waals surface area contributed by atoms with Crippen molar-refractivity contribution in [3.8, 4) is 0 Å². The van der Waals surface area contributed by atoms with Gasteiger partial charge in [0.2, 0.25) is 0 Å². The maximum Gasteiger partial charge on any atom is 0.0641 e. The SMILES string of the molecule is C(=NCc1ccncc1)c1ccccc1.[HH]. The molecule has 0 amide bonds. The van der Waals surface area contributed by atoms with Gasteiger partial charge < -0.3 is 0 Å². The molecule has 2 heteroatoms. The van der Waals surface area contributed by atoms with Gasteiger partial charge in [0, 0.05) is 20.0 Å². The minimum absolute atomic E-state index is 0. The molecule has 1 aromatic carbocycles. The highest BCUT2D eigenvalue weighted by atomic mass is 14.7. The summed E-state index contributed by atoms with van der Waals surface area (Å²) < 4.78 is 0. The maximum atomic E-state index is 4.36. The Balaban J connectivity index is 0.00000128. The number of aliphatic imine (C=N–C) groups is 1. The van der Waals surface area contributed by atoms with Crippen molar-refractivity contribution in [3.05, 3.63) is 66.0 Å². The van der Waals surface area contributed by atoms with Crippen LogP contribution in [0.15, 0.2) is 59.9 Å². The number of hydrogen-bond donors (Lipinski definition) is 0. The molecule has 1 heterocycles. The Kier molecular flexibility index (Phi) is 3.23. The Morgan fingerprint density at radius 2 is 1.80 bits per heavy atom. The summed E-state index contributed by atoms with van der Waals surface area (Å²) in [5, 5.41) is 0. The molecule has 76 valence electrons. The van der Waals surface area contributed by atoms with E-state index in [4.69, 9.17) is 0 Å². The largest absolute Gasteiger partial charge is 0.288 e. The topological polar surface area (TPSA) is 25.2 Å². The van der Waals surface area contributed by atoms with E-state index in [1.807, 2.05) is 48.7 Å². The predicted molar refractivity (Wildman–Crippen MR) is 64.1 cm³/mol. The molecule has 15 heavy (non-hydrogen) atoms. The first kappa shape index (κ1) is 9.59. The van der Waals surface area contributed by atoms with Crippen LogP contribution < -0.4 is 0 Å². The van der Waals surface area contributed by atoms with Gasteiger partial charge in [-0.15, -0.1) is 0 Å². The molecule has 0 atom stereocenters. The maximum absolute atomic E-state index is 4.36. The highest BCUT2D eigenvalue weighted by molar-refractivity contribution is 5.79. The van der Waals surface area contributed by atoms with Crippen LogP contribution in [-0.2, 0) is 6.54 Å². The van der Waals surface area contributed by atoms with E-state index < -0.39 is 0 Å². The summed E-state index contributed by atoms with van der Waals surface area (Å²) in [5.41, 5.74) is 2.31. The molecule has 2 nitrogen and oxygen atoms in total. The Hall–Kier alpha value is -1.96. The summed E-state index contributed by atoms with van der Waals surface area (Å²) >= 11 is 0. The van der Waals surface area contributed by atoms with Gasteiger partial charge >= 0.3 is 0 Å². The average molecular weight is 198 g/mol. The third kappa shape index (κ3) is 3.02. The van der Waals surface area contributed by atoms with E-state index in [2.05, 4.69) is 9.98 Å². The number of pyridine rings is 1. The molecule has 2 rings (SSSR count). The molecule has 0 unspecified atom stereocenters. The summed E-state index contributed by atoms with van der Waals surface area (Å²) in [6, 6.07) is 14.0. The van der Waals surface area contributed by atoms with Crippen molar-refractivity contribution in [1.82, 2.24) is 4.98 Å². The molecule has 0 N–H and O–H groups in total. The van der Waals surface area contributed by atoms with E-state index >= 15 is 0 Å². The van der Waals surface area contributed by atoms with Crippen molar-refractivity contribution in [2.45, 2.75) is 6.54 Å². The fourth-order valence-corrected chi connectivity index (χ4v) is 1.28. The lowest BCUT2D eigenvalue weighted by Gasteiger charge is -1.94. The molecule has 0 aliphatic carbocycles. The molecule has 0 aliphatic heterocycles. The van der Waals surface area contributed by atoms with E-state index in [9.17, 15) is 0 Å². The highest BCUT2D eigenvalue weighted by Crippen LogP contribution is 1.99. The molecule has 0 saturated heterocycles. The summed E-state index contributed by atoms with van der Waals surface area (Å²) in [4.78, 5) is 8.32. The number of nitrogens with zero attached hydrogens (tertiary/aromatic N) is 2. The van der Waals surface area contributed by atoms with Crippen LogP contribution >= 0.6 is 0 Å². The van der Waals surface area contributed by atoms with Crippen LogP contribution in [0.1, 0.15) is 12.6 Å². The summed E-state index contributed by atoms with van der Waals surface area (Å²) in [6.07, 6.45) is 5.46. The third-order valence-electron chi connectivity index (χ3n) is 2.06. The van der Waals surface area contributed by atoms with Crippen LogP contribution in [0.5, 0.6) is 0 Å². The van der Waals surface area contributed by atoms with Gasteiger partial charge in [-0.3, -0.25) is 9.98 Å². The second-order valence-corrected chi connectivity index (χ2v) is 3.24. The van der Waals surface area contributed by atoms with Crippen molar-refractivity contribution < 1.29 is 1.43 Å². The monoisotopic (exact) mass is 198 g/mol. The van der Waals surface area contributed by atoms with Crippen LogP contribution in [-0.4, -0.2) is 11.2 Å². The first-order chi connectivity index (χ1) is 7.45. The lowest BCUT2D eigenvalue weighted by Crippen LogP contribution is -1.84. The van der Waals surface area contributed by atoms with Crippen LogP contribution in [0, 0.1) is 0 Å². The van der Waals surface area contributed by atoms with E-state index in [0.29, 0.717) is 6.54 Å². The molecule has 0 spiro atoms. The summed E-state index contributed by atoms with van der Waals surface area (Å²) in [5.74, 6) is 0. The molecule has 0 aliphatic rings. The Labute approximate surface area is 90.8 Å². The smallest absolute Gasteiger partial charge is 0.0641 e. The molecule has 0 bridgehead atoms. The Morgan fingerprint density at radius 3 is 2.53 bits per heavy atom. The van der Waals surface area contributed by atoms with E-state index in [-0.39, 0.29) is 1.43 Å². The fourth-order valence-electron chi connectivity index (χ4n) is 1.28. The highest BCUT2D eigenvalue weighted by Gasteiger charge is 1.87. The van der Waals surface area contributed by atoms with Gasteiger partial charge in [-0.05, 0) is 23.3 Å². The average Bonchev–Trinajstić information content (AvgIpc) is 2.32. The minimum atomic E-state index is 0. The normalized spacial score (nSPS) is 10.7. The van der Waals surface area contributed by atoms with Gasteiger partial charge in [0.15, 0.2) is 0 Å². The van der Waals surface area contributed by atoms with Gasteiger partial charge in [-0.1, -0.05) is 30.3 Å². The Morgan fingerprint density at radius 1 is 1.07 bits per heavy atom. The zero-order chi connectivity index (χ0) is 10.3. The van der Waals surface area contributed by atoms with Crippen molar-refractivity contribution in [2.24, 2.45) is 4.99 Å². The molecule has 1 aromatic heterocycles. The van der Waals surface area contributed by atoms with Crippen molar-refractivity contribution in [3.63, 3.8) is 0 Å². The second kappa shape index (κ2) is 5.05. The Bertz CT molecular complexity index is 426. The molecule has 0 radical (unpaired) electrons. The van der Waals surface area contributed by atoms with Crippen molar-refractivity contribution in [1.29, 1.82) is 0 Å². The standard InChI is InChI=1S/C13H12N2.H2/c1-2-4-12(5-3-1)10-15-11-13-6-8-14-9-7-13;/h1-10H,11H2;1H. The quantitative estimate of drug-likeness (QED) is 0.696. The van der Waals surface area contributed by atoms with Crippen LogP contribution in [0.25, 0.3) is 0 Å². The first-order valence-electron chi connectivity index (χ1n) is 4.89. The van der Waals surface area contributed by atoms with Crippen LogP contribution in [0.3, 0.4) is 0 Å². The second-order valence-electron chi connectivity index (χ2n) is 3.24. The molecular weight excluding hydrogens is 184 g/mol. The van der Waals surface area contributed by atoms with Gasteiger partial charge in [-0.25, -0.2) is 0 Å². The molecular formula is C13H14N2. The van der Waals surface area contributed by atoms with E-state index in [1.165, 1.54) is 5.56 Å². The zero-order valence-corrected chi connectivity index (χ0v) is 8.38. The number of aromatic nitrogens is 1. The number of hydrogen-bond acceptors (Lipinski definition) is 2. The van der Waals surface area contributed by atoms with Gasteiger partial charge in [-0.2, -0.15) is 0 Å². The lowest BCUT2D eigenvalue weighted by molar-refractivity contribution is 1.06. The molecule has 2 aromatic rings. The van der Waals surface area contributed by atoms with Gasteiger partial charge in [0.25, 0.3) is 0 Å². The number of benzene rings is 1.